The highest BCUT2D eigenvalue weighted by molar-refractivity contribution is 6.31. The van der Waals surface area contributed by atoms with E-state index in [2.05, 4.69) is 17.1 Å². The van der Waals surface area contributed by atoms with Crippen LogP contribution in [0.15, 0.2) is 48.5 Å². The van der Waals surface area contributed by atoms with Crippen molar-refractivity contribution in [3.8, 4) is 0 Å². The van der Waals surface area contributed by atoms with E-state index in [0.717, 1.165) is 50.4 Å². The fourth-order valence-corrected chi connectivity index (χ4v) is 4.03. The van der Waals surface area contributed by atoms with E-state index < -0.39 is 0 Å². The molecule has 1 N–H and O–H groups in total. The Hall–Kier alpha value is -2.53. The van der Waals surface area contributed by atoms with Crippen molar-refractivity contribution in [2.75, 3.05) is 36.4 Å². The molecule has 166 valence electrons. The Morgan fingerprint density at radius 3 is 2.32 bits per heavy atom. The summed E-state index contributed by atoms with van der Waals surface area (Å²) in [4.78, 5) is 29.1. The smallest absolute Gasteiger partial charge is 0.255 e. The summed E-state index contributed by atoms with van der Waals surface area (Å²) in [7, 11) is 0. The largest absolute Gasteiger partial charge is 0.368 e. The lowest BCUT2D eigenvalue weighted by molar-refractivity contribution is -0.131. The van der Waals surface area contributed by atoms with E-state index in [1.165, 1.54) is 19.3 Å². The van der Waals surface area contributed by atoms with Crippen molar-refractivity contribution in [2.24, 2.45) is 0 Å². The van der Waals surface area contributed by atoms with Gasteiger partial charge in [-0.15, -0.1) is 0 Å². The van der Waals surface area contributed by atoms with Gasteiger partial charge in [0.05, 0.1) is 0 Å². The molecule has 0 aromatic heterocycles. The van der Waals surface area contributed by atoms with Crippen LogP contribution in [0.1, 0.15) is 55.8 Å². The summed E-state index contributed by atoms with van der Waals surface area (Å²) in [5.41, 5.74) is 2.38. The number of carbonyl (C=O) groups is 2. The second kappa shape index (κ2) is 11.8. The molecule has 1 fully saturated rings. The van der Waals surface area contributed by atoms with Crippen molar-refractivity contribution in [3.05, 3.63) is 59.1 Å². The number of carbonyl (C=O) groups excluding carboxylic acids is 2. The fraction of sp³-hybridized carbons (Fsp3) is 0.440. The predicted molar refractivity (Wildman–Crippen MR) is 128 cm³/mol. The van der Waals surface area contributed by atoms with Gasteiger partial charge in [-0.3, -0.25) is 9.59 Å². The number of nitrogens with zero attached hydrogens (tertiary/aromatic N) is 2. The minimum Gasteiger partial charge on any atom is -0.368 e. The van der Waals surface area contributed by atoms with Crippen molar-refractivity contribution in [1.29, 1.82) is 0 Å². The Morgan fingerprint density at radius 1 is 0.935 bits per heavy atom. The molecule has 1 aliphatic heterocycles. The van der Waals surface area contributed by atoms with E-state index in [1.807, 2.05) is 29.2 Å². The topological polar surface area (TPSA) is 52.7 Å². The molecule has 0 spiro atoms. The summed E-state index contributed by atoms with van der Waals surface area (Å²) in [5.74, 6) is 0.104. The van der Waals surface area contributed by atoms with Gasteiger partial charge < -0.3 is 15.1 Å². The van der Waals surface area contributed by atoms with Crippen molar-refractivity contribution >= 4 is 34.8 Å². The number of anilines is 2. The molecule has 1 saturated heterocycles. The van der Waals surface area contributed by atoms with E-state index in [4.69, 9.17) is 11.6 Å². The van der Waals surface area contributed by atoms with Crippen molar-refractivity contribution in [1.82, 2.24) is 4.90 Å². The Balaban J connectivity index is 1.44. The number of amides is 2. The third-order valence-corrected chi connectivity index (χ3v) is 5.94. The summed E-state index contributed by atoms with van der Waals surface area (Å²) in [5, 5.41) is 3.44. The monoisotopic (exact) mass is 441 g/mol. The average Bonchev–Trinajstić information content (AvgIpc) is 2.79. The first kappa shape index (κ1) is 23.1. The number of benzene rings is 2. The van der Waals surface area contributed by atoms with Crippen molar-refractivity contribution in [3.63, 3.8) is 0 Å². The van der Waals surface area contributed by atoms with E-state index in [0.29, 0.717) is 17.0 Å². The highest BCUT2D eigenvalue weighted by Gasteiger charge is 2.21. The Morgan fingerprint density at radius 2 is 1.65 bits per heavy atom. The number of nitrogens with one attached hydrogen (secondary N) is 1. The van der Waals surface area contributed by atoms with Crippen LogP contribution in [0.4, 0.5) is 11.4 Å². The number of hydrogen-bond donors (Lipinski definition) is 1. The summed E-state index contributed by atoms with van der Waals surface area (Å²) >= 11 is 5.96. The maximum Gasteiger partial charge on any atom is 0.255 e. The fourth-order valence-electron chi connectivity index (χ4n) is 3.84. The number of unbranched alkanes of at least 4 members (excludes halogenated alkanes) is 4. The van der Waals surface area contributed by atoms with Gasteiger partial charge in [0.2, 0.25) is 5.91 Å². The molecule has 2 aromatic carbocycles. The zero-order valence-electron chi connectivity index (χ0n) is 18.3. The van der Waals surface area contributed by atoms with Crippen LogP contribution >= 0.6 is 11.6 Å². The van der Waals surface area contributed by atoms with Crippen LogP contribution in [0.25, 0.3) is 0 Å². The van der Waals surface area contributed by atoms with Gasteiger partial charge in [-0.25, -0.2) is 0 Å². The zero-order chi connectivity index (χ0) is 22.1. The molecule has 6 heteroatoms. The Bertz CT molecular complexity index is 861. The minimum atomic E-state index is -0.183. The summed E-state index contributed by atoms with van der Waals surface area (Å²) in [6.45, 7) is 5.39. The lowest BCUT2D eigenvalue weighted by atomic mass is 10.1. The summed E-state index contributed by atoms with van der Waals surface area (Å²) in [6.07, 6.45) is 6.54. The molecule has 1 heterocycles. The second-order valence-electron chi connectivity index (χ2n) is 8.04. The molecule has 3 rings (SSSR count). The van der Waals surface area contributed by atoms with Crippen LogP contribution in [0.3, 0.4) is 0 Å². The highest BCUT2D eigenvalue weighted by atomic mass is 35.5. The molecule has 2 amide bonds. The molecule has 0 aliphatic carbocycles. The number of rotatable bonds is 9. The number of halogens is 1. The van der Waals surface area contributed by atoms with Gasteiger partial charge in [-0.1, -0.05) is 50.3 Å². The van der Waals surface area contributed by atoms with Crippen LogP contribution in [-0.4, -0.2) is 42.9 Å². The van der Waals surface area contributed by atoms with Gasteiger partial charge in [0, 0.05) is 54.6 Å². The predicted octanol–water partition coefficient (Wildman–Crippen LogP) is 5.60. The second-order valence-corrected chi connectivity index (χ2v) is 8.48. The Kier molecular flexibility index (Phi) is 8.77. The third-order valence-electron chi connectivity index (χ3n) is 5.70. The first-order valence-electron chi connectivity index (χ1n) is 11.3. The molecule has 31 heavy (non-hydrogen) atoms. The molecule has 0 atom stereocenters. The maximum absolute atomic E-state index is 12.4. The molecule has 0 bridgehead atoms. The highest BCUT2D eigenvalue weighted by Crippen LogP contribution is 2.21. The lowest BCUT2D eigenvalue weighted by Crippen LogP contribution is -2.48. The Labute approximate surface area is 190 Å². The molecule has 1 aliphatic rings. The van der Waals surface area contributed by atoms with E-state index in [-0.39, 0.29) is 11.8 Å². The molecule has 0 radical (unpaired) electrons. The molecular formula is C25H32ClN3O2. The van der Waals surface area contributed by atoms with Crippen LogP contribution in [0.2, 0.25) is 5.02 Å². The summed E-state index contributed by atoms with van der Waals surface area (Å²) in [6, 6.07) is 14.7. The van der Waals surface area contributed by atoms with Crippen molar-refractivity contribution < 1.29 is 9.59 Å². The van der Waals surface area contributed by atoms with Crippen molar-refractivity contribution in [2.45, 2.75) is 45.4 Å². The molecule has 5 nitrogen and oxygen atoms in total. The lowest BCUT2D eigenvalue weighted by Gasteiger charge is -2.36. The van der Waals surface area contributed by atoms with Gasteiger partial charge >= 0.3 is 0 Å². The van der Waals surface area contributed by atoms with Crippen LogP contribution in [0.5, 0.6) is 0 Å². The van der Waals surface area contributed by atoms with Gasteiger partial charge in [-0.2, -0.15) is 0 Å². The molecule has 0 saturated carbocycles. The first-order chi connectivity index (χ1) is 15.1. The maximum atomic E-state index is 12.4. The third kappa shape index (κ3) is 7.00. The first-order valence-corrected chi connectivity index (χ1v) is 11.6. The normalized spacial score (nSPS) is 13.9. The standard InChI is InChI=1S/C25H32ClN3O2/c1-2-3-4-5-6-10-24(30)29-17-15-28(16-18-29)23-13-11-22(12-14-23)27-25(31)20-8-7-9-21(26)19-20/h7-9,11-14,19H,2-6,10,15-18H2,1H3,(H,27,31). The molecular weight excluding hydrogens is 410 g/mol. The van der Waals surface area contributed by atoms with Gasteiger partial charge in [0.1, 0.15) is 0 Å². The van der Waals surface area contributed by atoms with E-state index in [9.17, 15) is 9.59 Å². The summed E-state index contributed by atoms with van der Waals surface area (Å²) < 4.78 is 0. The van der Waals surface area contributed by atoms with Crippen LogP contribution in [-0.2, 0) is 4.79 Å². The van der Waals surface area contributed by atoms with Gasteiger partial charge in [0.25, 0.3) is 5.91 Å². The van der Waals surface area contributed by atoms with Crippen LogP contribution in [0, 0.1) is 0 Å². The van der Waals surface area contributed by atoms with Gasteiger partial charge in [0.15, 0.2) is 0 Å². The zero-order valence-corrected chi connectivity index (χ0v) is 19.0. The average molecular weight is 442 g/mol. The number of hydrogen-bond acceptors (Lipinski definition) is 3. The SMILES string of the molecule is CCCCCCCC(=O)N1CCN(c2ccc(NC(=O)c3cccc(Cl)c3)cc2)CC1. The minimum absolute atomic E-state index is 0.183. The van der Waals surface area contributed by atoms with Crippen LogP contribution < -0.4 is 10.2 Å². The molecule has 0 unspecified atom stereocenters. The quantitative estimate of drug-likeness (QED) is 0.515. The van der Waals surface area contributed by atoms with E-state index >= 15 is 0 Å². The van der Waals surface area contributed by atoms with E-state index in [1.54, 1.807) is 24.3 Å². The van der Waals surface area contributed by atoms with Gasteiger partial charge in [-0.05, 0) is 48.9 Å². The number of piperazine rings is 1. The molecule has 2 aromatic rings.